The number of aliphatic imine (C=N–C) groups is 1. The molecule has 156 valence electrons. The van der Waals surface area contributed by atoms with Crippen LogP contribution in [-0.4, -0.2) is 74.0 Å². The Kier molecular flexibility index (Phi) is 11.3. The third kappa shape index (κ3) is 9.27. The Morgan fingerprint density at radius 1 is 1.07 bits per heavy atom. The van der Waals surface area contributed by atoms with Crippen LogP contribution in [0.5, 0.6) is 0 Å². The molecule has 1 saturated heterocycles. The number of carbonyl (C=O) groups is 1. The summed E-state index contributed by atoms with van der Waals surface area (Å²) in [5, 5.41) is 7.17. The Labute approximate surface area is 182 Å². The van der Waals surface area contributed by atoms with Gasteiger partial charge in [0.2, 0.25) is 5.91 Å². The molecular weight excluding hydrogens is 453 g/mol. The van der Waals surface area contributed by atoms with Gasteiger partial charge in [-0.05, 0) is 32.6 Å². The first kappa shape index (κ1) is 24.2. The van der Waals surface area contributed by atoms with E-state index in [4.69, 9.17) is 0 Å². The van der Waals surface area contributed by atoms with E-state index in [0.717, 1.165) is 38.4 Å². The molecule has 0 atom stereocenters. The molecule has 0 aromatic heterocycles. The molecule has 1 saturated carbocycles. The van der Waals surface area contributed by atoms with Gasteiger partial charge in [-0.15, -0.1) is 24.0 Å². The van der Waals surface area contributed by atoms with Gasteiger partial charge in [-0.1, -0.05) is 31.4 Å². The second-order valence-electron chi connectivity index (χ2n) is 8.08. The maximum absolute atomic E-state index is 11.9. The van der Waals surface area contributed by atoms with Crippen LogP contribution in [0.4, 0.5) is 0 Å². The van der Waals surface area contributed by atoms with Gasteiger partial charge >= 0.3 is 0 Å². The van der Waals surface area contributed by atoms with Crippen molar-refractivity contribution in [1.29, 1.82) is 0 Å². The van der Waals surface area contributed by atoms with E-state index in [1.165, 1.54) is 37.7 Å². The first-order valence-electron chi connectivity index (χ1n) is 10.1. The molecule has 0 radical (unpaired) electrons. The molecule has 1 aliphatic carbocycles. The number of nitrogens with one attached hydrogen (secondary N) is 2. The van der Waals surface area contributed by atoms with Gasteiger partial charge in [0.1, 0.15) is 6.54 Å². The lowest BCUT2D eigenvalue weighted by Crippen LogP contribution is -2.51. The predicted molar refractivity (Wildman–Crippen MR) is 124 cm³/mol. The Balaban J connectivity index is 0.00000364. The van der Waals surface area contributed by atoms with Crippen LogP contribution < -0.4 is 10.6 Å². The summed E-state index contributed by atoms with van der Waals surface area (Å²) in [6, 6.07) is 0.897. The fraction of sp³-hybridized carbons (Fsp3) is 0.800. The predicted octanol–water partition coefficient (Wildman–Crippen LogP) is 2.60. The number of guanidine groups is 1. The summed E-state index contributed by atoms with van der Waals surface area (Å²) in [7, 11) is 3.55. The number of hydrogen-bond acceptors (Lipinski definition) is 3. The molecule has 1 heterocycles. The van der Waals surface area contributed by atoms with Crippen LogP contribution in [0.25, 0.3) is 0 Å². The minimum Gasteiger partial charge on any atom is -0.354 e. The summed E-state index contributed by atoms with van der Waals surface area (Å²) < 4.78 is 0. The minimum atomic E-state index is 0. The molecule has 1 aliphatic heterocycles. The standard InChI is InChI=1S/C20H37N5O.HI/c1-16(2)15-25-12-10-18(11-13-25)23-20(21-14-19(26)24(3)4)22-17-8-6-5-7-9-17;/h17-18H,1,5-15H2,2-4H3,(H2,21,22,23);1H. The van der Waals surface area contributed by atoms with Crippen molar-refractivity contribution < 1.29 is 4.79 Å². The normalized spacial score (nSPS) is 19.9. The van der Waals surface area contributed by atoms with Crippen molar-refractivity contribution in [1.82, 2.24) is 20.4 Å². The fourth-order valence-corrected chi connectivity index (χ4v) is 3.67. The summed E-state index contributed by atoms with van der Waals surface area (Å²) in [4.78, 5) is 20.6. The van der Waals surface area contributed by atoms with Crippen LogP contribution in [-0.2, 0) is 4.79 Å². The van der Waals surface area contributed by atoms with Crippen molar-refractivity contribution in [2.24, 2.45) is 4.99 Å². The monoisotopic (exact) mass is 491 g/mol. The van der Waals surface area contributed by atoms with Crippen molar-refractivity contribution in [2.45, 2.75) is 64.0 Å². The number of likely N-dealkylation sites (N-methyl/N-ethyl adjacent to an activating group) is 1. The molecule has 27 heavy (non-hydrogen) atoms. The van der Waals surface area contributed by atoms with Crippen LogP contribution in [0.15, 0.2) is 17.1 Å². The lowest BCUT2D eigenvalue weighted by molar-refractivity contribution is -0.127. The van der Waals surface area contributed by atoms with Crippen LogP contribution in [0, 0.1) is 0 Å². The van der Waals surface area contributed by atoms with Crippen LogP contribution in [0.3, 0.4) is 0 Å². The van der Waals surface area contributed by atoms with E-state index in [9.17, 15) is 4.79 Å². The molecule has 2 aliphatic rings. The third-order valence-electron chi connectivity index (χ3n) is 5.24. The SMILES string of the molecule is C=C(C)CN1CCC(NC(=NCC(=O)N(C)C)NC2CCCCC2)CC1.I. The molecule has 7 heteroatoms. The van der Waals surface area contributed by atoms with E-state index in [0.29, 0.717) is 12.1 Å². The summed E-state index contributed by atoms with van der Waals surface area (Å²) in [6.45, 7) is 9.45. The van der Waals surface area contributed by atoms with Gasteiger partial charge in [-0.25, -0.2) is 4.99 Å². The van der Waals surface area contributed by atoms with Crippen molar-refractivity contribution >= 4 is 35.8 Å². The minimum absolute atomic E-state index is 0. The maximum atomic E-state index is 11.9. The van der Waals surface area contributed by atoms with Gasteiger partial charge in [0.05, 0.1) is 0 Å². The molecule has 0 bridgehead atoms. The Hall–Kier alpha value is -0.830. The zero-order valence-corrected chi connectivity index (χ0v) is 19.6. The van der Waals surface area contributed by atoms with Gasteiger partial charge in [-0.3, -0.25) is 9.69 Å². The van der Waals surface area contributed by atoms with Gasteiger partial charge in [0.15, 0.2) is 5.96 Å². The second kappa shape index (κ2) is 12.6. The van der Waals surface area contributed by atoms with E-state index in [-0.39, 0.29) is 36.4 Å². The number of nitrogens with zero attached hydrogens (tertiary/aromatic N) is 3. The smallest absolute Gasteiger partial charge is 0.243 e. The Morgan fingerprint density at radius 3 is 2.15 bits per heavy atom. The highest BCUT2D eigenvalue weighted by atomic mass is 127. The lowest BCUT2D eigenvalue weighted by Gasteiger charge is -2.34. The summed E-state index contributed by atoms with van der Waals surface area (Å²) >= 11 is 0. The second-order valence-corrected chi connectivity index (χ2v) is 8.08. The maximum Gasteiger partial charge on any atom is 0.243 e. The molecule has 0 aromatic carbocycles. The number of halogens is 1. The zero-order chi connectivity index (χ0) is 18.9. The summed E-state index contributed by atoms with van der Waals surface area (Å²) in [5.74, 6) is 0.844. The number of likely N-dealkylation sites (tertiary alicyclic amines) is 1. The number of amides is 1. The van der Waals surface area contributed by atoms with Crippen LogP contribution >= 0.6 is 24.0 Å². The highest BCUT2D eigenvalue weighted by Crippen LogP contribution is 2.17. The highest BCUT2D eigenvalue weighted by Gasteiger charge is 2.22. The molecule has 1 amide bonds. The summed E-state index contributed by atoms with van der Waals surface area (Å²) in [6.07, 6.45) is 8.47. The molecule has 6 nitrogen and oxygen atoms in total. The average Bonchev–Trinajstić information content (AvgIpc) is 2.61. The Morgan fingerprint density at radius 2 is 1.63 bits per heavy atom. The van der Waals surface area contributed by atoms with Crippen molar-refractivity contribution in [3.8, 4) is 0 Å². The van der Waals surface area contributed by atoms with Crippen LogP contribution in [0.1, 0.15) is 51.9 Å². The largest absolute Gasteiger partial charge is 0.354 e. The van der Waals surface area contributed by atoms with Gasteiger partial charge in [0, 0.05) is 45.8 Å². The summed E-state index contributed by atoms with van der Waals surface area (Å²) in [5.41, 5.74) is 1.22. The molecule has 0 aromatic rings. The van der Waals surface area contributed by atoms with Crippen molar-refractivity contribution in [3.05, 3.63) is 12.2 Å². The van der Waals surface area contributed by atoms with Crippen molar-refractivity contribution in [2.75, 3.05) is 40.3 Å². The fourth-order valence-electron chi connectivity index (χ4n) is 3.67. The molecular formula is C20H38IN5O. The third-order valence-corrected chi connectivity index (χ3v) is 5.24. The van der Waals surface area contributed by atoms with Gasteiger partial charge in [-0.2, -0.15) is 0 Å². The van der Waals surface area contributed by atoms with Crippen molar-refractivity contribution in [3.63, 3.8) is 0 Å². The number of hydrogen-bond donors (Lipinski definition) is 2. The molecule has 0 unspecified atom stereocenters. The number of rotatable bonds is 6. The number of carbonyl (C=O) groups excluding carboxylic acids is 1. The first-order valence-corrected chi connectivity index (χ1v) is 10.1. The van der Waals surface area contributed by atoms with Gasteiger partial charge in [0.25, 0.3) is 0 Å². The first-order chi connectivity index (χ1) is 12.4. The van der Waals surface area contributed by atoms with Gasteiger partial charge < -0.3 is 15.5 Å². The van der Waals surface area contributed by atoms with E-state index >= 15 is 0 Å². The topological polar surface area (TPSA) is 60.0 Å². The zero-order valence-electron chi connectivity index (χ0n) is 17.3. The van der Waals surface area contributed by atoms with Crippen LogP contribution in [0.2, 0.25) is 0 Å². The average molecular weight is 491 g/mol. The molecule has 0 spiro atoms. The number of piperidine rings is 1. The molecule has 2 rings (SSSR count). The molecule has 2 N–H and O–H groups in total. The quantitative estimate of drug-likeness (QED) is 0.260. The molecule has 2 fully saturated rings. The van der Waals surface area contributed by atoms with E-state index in [1.54, 1.807) is 19.0 Å². The lowest BCUT2D eigenvalue weighted by atomic mass is 9.95. The van der Waals surface area contributed by atoms with E-state index < -0.39 is 0 Å². The highest BCUT2D eigenvalue weighted by molar-refractivity contribution is 14.0. The Bertz CT molecular complexity index is 495. The van der Waals surface area contributed by atoms with E-state index in [1.807, 2.05) is 0 Å². The van der Waals surface area contributed by atoms with E-state index in [2.05, 4.69) is 34.0 Å².